The fraction of sp³-hybridized carbons (Fsp3) is 0.185. The van der Waals surface area contributed by atoms with Crippen molar-refractivity contribution in [2.24, 2.45) is 15.7 Å². The Morgan fingerprint density at radius 3 is 2.58 bits per heavy atom. The van der Waals surface area contributed by atoms with Gasteiger partial charge in [-0.2, -0.15) is 4.99 Å². The average molecular weight is 483 g/mol. The van der Waals surface area contributed by atoms with Crippen LogP contribution in [0.2, 0.25) is 0 Å². The van der Waals surface area contributed by atoms with Crippen molar-refractivity contribution in [1.82, 2.24) is 0 Å². The SMILES string of the molecule is N=C(OC(N)=NC1N=C(c2ccccc2)c2ccccc2NC1=O)c1ccccc1N1CC[C@@H](O)C1. The summed E-state index contributed by atoms with van der Waals surface area (Å²) in [7, 11) is 0. The minimum absolute atomic E-state index is 0.210. The molecule has 1 unspecified atom stereocenters. The van der Waals surface area contributed by atoms with Gasteiger partial charge in [0.05, 0.1) is 23.1 Å². The van der Waals surface area contributed by atoms with E-state index >= 15 is 0 Å². The molecular weight excluding hydrogens is 456 g/mol. The number of carbonyl (C=O) groups is 1. The summed E-state index contributed by atoms with van der Waals surface area (Å²) in [5, 5.41) is 21.3. The highest BCUT2D eigenvalue weighted by Crippen LogP contribution is 2.26. The fourth-order valence-electron chi connectivity index (χ4n) is 4.37. The Labute approximate surface area is 208 Å². The van der Waals surface area contributed by atoms with Crippen LogP contribution in [0.4, 0.5) is 11.4 Å². The van der Waals surface area contributed by atoms with E-state index in [1.807, 2.05) is 65.6 Å². The molecule has 0 radical (unpaired) electrons. The number of amides is 1. The first-order chi connectivity index (χ1) is 17.5. The lowest BCUT2D eigenvalue weighted by Gasteiger charge is -2.21. The van der Waals surface area contributed by atoms with Gasteiger partial charge in [-0.15, -0.1) is 0 Å². The number of fused-ring (bicyclic) bond motifs is 1. The monoisotopic (exact) mass is 482 g/mol. The van der Waals surface area contributed by atoms with Gasteiger partial charge in [0.2, 0.25) is 12.1 Å². The number of benzodiazepines with no additional fused rings is 1. The van der Waals surface area contributed by atoms with Gasteiger partial charge < -0.3 is 25.8 Å². The van der Waals surface area contributed by atoms with Crippen LogP contribution in [0.25, 0.3) is 0 Å². The molecular formula is C27H26N6O3. The number of nitrogens with zero attached hydrogens (tertiary/aromatic N) is 3. The summed E-state index contributed by atoms with van der Waals surface area (Å²) in [4.78, 5) is 23.8. The quantitative estimate of drug-likeness (QED) is 0.335. The molecule has 9 nitrogen and oxygen atoms in total. The second-order valence-electron chi connectivity index (χ2n) is 8.56. The Bertz CT molecular complexity index is 1350. The summed E-state index contributed by atoms with van der Waals surface area (Å²) in [6.07, 6.45) is -0.953. The number of aliphatic hydroxyl groups excluding tert-OH is 1. The minimum Gasteiger partial charge on any atom is -0.407 e. The maximum Gasteiger partial charge on any atom is 0.291 e. The number of amidine groups is 1. The molecule has 1 amide bonds. The van der Waals surface area contributed by atoms with Crippen molar-refractivity contribution in [1.29, 1.82) is 5.41 Å². The molecule has 0 aromatic heterocycles. The average Bonchev–Trinajstić information content (AvgIpc) is 3.27. The maximum atomic E-state index is 13.0. The number of ether oxygens (including phenoxy) is 1. The number of carbonyl (C=O) groups excluding carboxylic acids is 1. The number of aliphatic imine (C=N–C) groups is 2. The lowest BCUT2D eigenvalue weighted by atomic mass is 10.0. The van der Waals surface area contributed by atoms with Crippen LogP contribution in [0.5, 0.6) is 0 Å². The molecule has 0 aliphatic carbocycles. The Morgan fingerprint density at radius 2 is 1.81 bits per heavy atom. The molecule has 36 heavy (non-hydrogen) atoms. The first-order valence-corrected chi connectivity index (χ1v) is 11.6. The number of hydrogen-bond donors (Lipinski definition) is 4. The van der Waals surface area contributed by atoms with Crippen molar-refractivity contribution in [2.45, 2.75) is 18.7 Å². The molecule has 1 fully saturated rings. The first kappa shape index (κ1) is 23.3. The second kappa shape index (κ2) is 10.0. The number of nitrogens with one attached hydrogen (secondary N) is 2. The summed E-state index contributed by atoms with van der Waals surface area (Å²) < 4.78 is 5.55. The van der Waals surface area contributed by atoms with Crippen molar-refractivity contribution in [2.75, 3.05) is 23.3 Å². The van der Waals surface area contributed by atoms with Gasteiger partial charge in [-0.05, 0) is 24.6 Å². The molecule has 1 saturated heterocycles. The minimum atomic E-state index is -1.20. The zero-order chi connectivity index (χ0) is 25.1. The highest BCUT2D eigenvalue weighted by Gasteiger charge is 2.27. The summed E-state index contributed by atoms with van der Waals surface area (Å²) >= 11 is 0. The van der Waals surface area contributed by atoms with E-state index in [1.165, 1.54) is 0 Å². The Hall–Kier alpha value is -4.50. The number of nitrogens with two attached hydrogens (primary N) is 1. The van der Waals surface area contributed by atoms with Crippen molar-refractivity contribution in [3.05, 3.63) is 95.6 Å². The fourth-order valence-corrected chi connectivity index (χ4v) is 4.37. The number of benzene rings is 3. The number of para-hydroxylation sites is 2. The Kier molecular flexibility index (Phi) is 6.46. The third-order valence-corrected chi connectivity index (χ3v) is 6.08. The van der Waals surface area contributed by atoms with E-state index in [-0.39, 0.29) is 11.9 Å². The number of rotatable bonds is 4. The largest absolute Gasteiger partial charge is 0.407 e. The molecule has 0 bridgehead atoms. The summed E-state index contributed by atoms with van der Waals surface area (Å²) in [6, 6.07) is 23.8. The van der Waals surface area contributed by atoms with E-state index in [9.17, 15) is 9.90 Å². The van der Waals surface area contributed by atoms with Crippen LogP contribution in [-0.2, 0) is 9.53 Å². The van der Waals surface area contributed by atoms with E-state index in [2.05, 4.69) is 15.3 Å². The van der Waals surface area contributed by atoms with Gasteiger partial charge in [-0.25, -0.2) is 4.99 Å². The standard InChI is InChI=1S/C27H26N6O3/c28-24(20-11-5-7-13-22(20)33-15-14-18(34)16-33)36-27(29)32-25-26(35)30-21-12-6-4-10-19(21)23(31-25)17-8-2-1-3-9-17/h1-13,18,25,28,34H,14-16H2,(H2,29,32)(H,30,35)/t18-,25?/m1/s1. The lowest BCUT2D eigenvalue weighted by Crippen LogP contribution is -2.30. The highest BCUT2D eigenvalue weighted by atomic mass is 16.5. The second-order valence-corrected chi connectivity index (χ2v) is 8.56. The smallest absolute Gasteiger partial charge is 0.291 e. The third kappa shape index (κ3) is 4.82. The molecule has 0 spiro atoms. The number of β-amino-alcohol motifs (C(OH)–C–C–N with tert-alkyl or cyclic N) is 1. The van der Waals surface area contributed by atoms with E-state index < -0.39 is 18.2 Å². The zero-order valence-electron chi connectivity index (χ0n) is 19.5. The molecule has 5 N–H and O–H groups in total. The molecule has 5 rings (SSSR count). The van der Waals surface area contributed by atoms with E-state index in [0.717, 1.165) is 16.8 Å². The molecule has 9 heteroatoms. The molecule has 2 atom stereocenters. The van der Waals surface area contributed by atoms with E-state index in [1.54, 1.807) is 18.2 Å². The molecule has 2 aliphatic rings. The Morgan fingerprint density at radius 1 is 1.08 bits per heavy atom. The van der Waals surface area contributed by atoms with Gasteiger partial charge in [0.1, 0.15) is 0 Å². The van der Waals surface area contributed by atoms with Gasteiger partial charge in [0, 0.05) is 29.9 Å². The molecule has 3 aromatic rings. The first-order valence-electron chi connectivity index (χ1n) is 11.6. The van der Waals surface area contributed by atoms with Crippen molar-refractivity contribution in [3.63, 3.8) is 0 Å². The van der Waals surface area contributed by atoms with Crippen LogP contribution in [-0.4, -0.2) is 54.0 Å². The summed E-state index contributed by atoms with van der Waals surface area (Å²) in [6.45, 7) is 1.16. The Balaban J connectivity index is 1.43. The molecule has 2 heterocycles. The van der Waals surface area contributed by atoms with E-state index in [4.69, 9.17) is 15.9 Å². The lowest BCUT2D eigenvalue weighted by molar-refractivity contribution is -0.117. The number of hydrogen-bond acceptors (Lipinski definition) is 7. The van der Waals surface area contributed by atoms with Crippen LogP contribution < -0.4 is 16.0 Å². The van der Waals surface area contributed by atoms with Crippen molar-refractivity contribution < 1.29 is 14.6 Å². The topological polar surface area (TPSA) is 136 Å². The van der Waals surface area contributed by atoms with Crippen molar-refractivity contribution >= 4 is 34.9 Å². The predicted molar refractivity (Wildman–Crippen MR) is 140 cm³/mol. The van der Waals surface area contributed by atoms with Gasteiger partial charge in [-0.3, -0.25) is 10.2 Å². The van der Waals surface area contributed by atoms with Gasteiger partial charge >= 0.3 is 0 Å². The molecule has 2 aliphatic heterocycles. The summed E-state index contributed by atoms with van der Waals surface area (Å²) in [5.41, 5.74) is 10.1. The molecule has 182 valence electrons. The number of anilines is 2. The summed E-state index contributed by atoms with van der Waals surface area (Å²) in [5.74, 6) is -0.671. The van der Waals surface area contributed by atoms with Crippen LogP contribution in [0.15, 0.2) is 88.8 Å². The van der Waals surface area contributed by atoms with Gasteiger partial charge in [0.25, 0.3) is 11.9 Å². The predicted octanol–water partition coefficient (Wildman–Crippen LogP) is 2.73. The van der Waals surface area contributed by atoms with Crippen LogP contribution >= 0.6 is 0 Å². The maximum absolute atomic E-state index is 13.0. The normalized spacial score (nSPS) is 19.7. The highest BCUT2D eigenvalue weighted by molar-refractivity contribution is 6.19. The van der Waals surface area contributed by atoms with Gasteiger partial charge in [-0.1, -0.05) is 60.7 Å². The molecule has 3 aromatic carbocycles. The number of aliphatic hydroxyl groups is 1. The van der Waals surface area contributed by atoms with Crippen LogP contribution in [0.1, 0.15) is 23.1 Å². The molecule has 0 saturated carbocycles. The zero-order valence-corrected chi connectivity index (χ0v) is 19.5. The third-order valence-electron chi connectivity index (χ3n) is 6.08. The van der Waals surface area contributed by atoms with Crippen LogP contribution in [0, 0.1) is 5.41 Å². The van der Waals surface area contributed by atoms with Crippen molar-refractivity contribution in [3.8, 4) is 0 Å². The van der Waals surface area contributed by atoms with Crippen LogP contribution in [0.3, 0.4) is 0 Å². The van der Waals surface area contributed by atoms with Gasteiger partial charge in [0.15, 0.2) is 0 Å². The van der Waals surface area contributed by atoms with E-state index in [0.29, 0.717) is 36.5 Å².